The average Bonchev–Trinajstić information content (AvgIpc) is 3.29. The first-order valence-corrected chi connectivity index (χ1v) is 10.1. The second kappa shape index (κ2) is 8.96. The van der Waals surface area contributed by atoms with Crippen LogP contribution in [0.5, 0.6) is 0 Å². The van der Waals surface area contributed by atoms with Crippen LogP contribution in [0.15, 0.2) is 81.8 Å². The lowest BCUT2D eigenvalue weighted by Crippen LogP contribution is -2.42. The third-order valence-electron chi connectivity index (χ3n) is 5.36. The number of amides is 2. The van der Waals surface area contributed by atoms with Crippen molar-refractivity contribution in [3.63, 3.8) is 0 Å². The van der Waals surface area contributed by atoms with Crippen molar-refractivity contribution in [1.29, 1.82) is 5.26 Å². The van der Waals surface area contributed by atoms with Gasteiger partial charge in [-0.1, -0.05) is 24.3 Å². The fourth-order valence-electron chi connectivity index (χ4n) is 3.60. The summed E-state index contributed by atoms with van der Waals surface area (Å²) in [4.78, 5) is 37.7. The van der Waals surface area contributed by atoms with Crippen LogP contribution in [-0.2, 0) is 16.1 Å². The highest BCUT2D eigenvalue weighted by atomic mass is 19.1. The Morgan fingerprint density at radius 1 is 1.09 bits per heavy atom. The Labute approximate surface area is 193 Å². The quantitative estimate of drug-likeness (QED) is 0.235. The molecule has 9 heteroatoms. The number of nitro groups is 1. The van der Waals surface area contributed by atoms with Crippen molar-refractivity contribution in [3.8, 4) is 17.4 Å². The first-order chi connectivity index (χ1) is 16.3. The first kappa shape index (κ1) is 22.4. The van der Waals surface area contributed by atoms with E-state index in [9.17, 15) is 29.4 Å². The third-order valence-corrected chi connectivity index (χ3v) is 5.36. The minimum absolute atomic E-state index is 0.0710. The summed E-state index contributed by atoms with van der Waals surface area (Å²) in [5, 5.41) is 20.8. The van der Waals surface area contributed by atoms with Gasteiger partial charge < -0.3 is 4.42 Å². The molecule has 1 aliphatic heterocycles. The fourth-order valence-corrected chi connectivity index (χ4v) is 3.60. The molecular weight excluding hydrogens is 441 g/mol. The van der Waals surface area contributed by atoms with Gasteiger partial charge in [-0.2, -0.15) is 5.26 Å². The van der Waals surface area contributed by atoms with Gasteiger partial charge in [0.25, 0.3) is 17.5 Å². The monoisotopic (exact) mass is 457 g/mol. The van der Waals surface area contributed by atoms with Crippen LogP contribution in [0.3, 0.4) is 0 Å². The Morgan fingerprint density at radius 3 is 2.47 bits per heavy atom. The summed E-state index contributed by atoms with van der Waals surface area (Å²) >= 11 is 0. The Morgan fingerprint density at radius 2 is 1.79 bits per heavy atom. The highest BCUT2D eigenvalue weighted by Gasteiger charge is 2.35. The maximum absolute atomic E-state index is 13.2. The maximum atomic E-state index is 13.2. The maximum Gasteiger partial charge on any atom is 0.280 e. The van der Waals surface area contributed by atoms with Crippen LogP contribution in [0, 0.1) is 27.3 Å². The van der Waals surface area contributed by atoms with Crippen LogP contribution in [-0.4, -0.2) is 21.6 Å². The summed E-state index contributed by atoms with van der Waals surface area (Å²) in [6, 6.07) is 16.3. The van der Waals surface area contributed by atoms with Crippen molar-refractivity contribution >= 4 is 23.6 Å². The summed E-state index contributed by atoms with van der Waals surface area (Å²) in [7, 11) is 0. The molecule has 1 aliphatic rings. The Hall–Kier alpha value is -4.84. The van der Waals surface area contributed by atoms with Crippen molar-refractivity contribution in [3.05, 3.63) is 105 Å². The molecule has 0 fully saturated rings. The molecule has 34 heavy (non-hydrogen) atoms. The molecule has 168 valence electrons. The van der Waals surface area contributed by atoms with Gasteiger partial charge in [0.15, 0.2) is 0 Å². The van der Waals surface area contributed by atoms with Gasteiger partial charge in [-0.25, -0.2) is 4.39 Å². The van der Waals surface area contributed by atoms with Gasteiger partial charge >= 0.3 is 0 Å². The molecule has 0 bridgehead atoms. The molecule has 0 aliphatic carbocycles. The molecule has 0 radical (unpaired) electrons. The van der Waals surface area contributed by atoms with Crippen LogP contribution in [0.4, 0.5) is 10.1 Å². The van der Waals surface area contributed by atoms with E-state index in [1.165, 1.54) is 55.5 Å². The fraction of sp³-hybridized carbons (Fsp3) is 0.0800. The smallest absolute Gasteiger partial charge is 0.280 e. The molecule has 8 nitrogen and oxygen atoms in total. The van der Waals surface area contributed by atoms with Crippen LogP contribution in [0.25, 0.3) is 17.4 Å². The summed E-state index contributed by atoms with van der Waals surface area (Å²) in [5.74, 6) is -1.41. The van der Waals surface area contributed by atoms with E-state index < -0.39 is 22.6 Å². The molecule has 2 heterocycles. The molecule has 0 atom stereocenters. The van der Waals surface area contributed by atoms with Gasteiger partial charge in [-0.05, 0) is 54.5 Å². The van der Waals surface area contributed by atoms with Crippen LogP contribution in [0.2, 0.25) is 0 Å². The third kappa shape index (κ3) is 4.12. The number of nitro benzene ring substituents is 1. The van der Waals surface area contributed by atoms with Gasteiger partial charge in [0.2, 0.25) is 0 Å². The highest BCUT2D eigenvalue weighted by Crippen LogP contribution is 2.33. The molecule has 0 saturated carbocycles. The second-order valence-electron chi connectivity index (χ2n) is 7.47. The molecule has 2 amide bonds. The lowest BCUT2D eigenvalue weighted by atomic mass is 9.94. The van der Waals surface area contributed by atoms with E-state index in [0.29, 0.717) is 5.56 Å². The normalized spacial score (nSPS) is 15.1. The molecule has 3 aromatic rings. The number of imide groups is 1. The lowest BCUT2D eigenvalue weighted by molar-refractivity contribution is -0.384. The largest absolute Gasteiger partial charge is 0.456 e. The number of hydrogen-bond acceptors (Lipinski definition) is 6. The number of nitrogens with zero attached hydrogens (tertiary/aromatic N) is 3. The zero-order chi connectivity index (χ0) is 24.4. The minimum Gasteiger partial charge on any atom is -0.456 e. The molecule has 2 aromatic carbocycles. The lowest BCUT2D eigenvalue weighted by Gasteiger charge is -2.27. The summed E-state index contributed by atoms with van der Waals surface area (Å²) in [5.41, 5.74) is 0.710. The van der Waals surface area contributed by atoms with Crippen molar-refractivity contribution in [2.24, 2.45) is 0 Å². The number of para-hydroxylation sites is 1. The molecule has 4 rings (SSSR count). The van der Waals surface area contributed by atoms with Crippen molar-refractivity contribution in [2.45, 2.75) is 13.5 Å². The predicted octanol–water partition coefficient (Wildman–Crippen LogP) is 4.79. The number of rotatable bonds is 5. The van der Waals surface area contributed by atoms with Crippen molar-refractivity contribution in [2.75, 3.05) is 0 Å². The average molecular weight is 457 g/mol. The van der Waals surface area contributed by atoms with E-state index in [1.54, 1.807) is 18.2 Å². The molecule has 0 N–H and O–H groups in total. The summed E-state index contributed by atoms with van der Waals surface area (Å²) < 4.78 is 19.0. The zero-order valence-corrected chi connectivity index (χ0v) is 17.8. The number of benzene rings is 2. The van der Waals surface area contributed by atoms with E-state index in [1.807, 2.05) is 6.07 Å². The second-order valence-corrected chi connectivity index (χ2v) is 7.47. The summed E-state index contributed by atoms with van der Waals surface area (Å²) in [6.45, 7) is 1.34. The number of hydrogen-bond donors (Lipinski definition) is 0. The zero-order valence-electron chi connectivity index (χ0n) is 17.8. The van der Waals surface area contributed by atoms with Gasteiger partial charge in [0.1, 0.15) is 29.0 Å². The van der Waals surface area contributed by atoms with Gasteiger partial charge in [0, 0.05) is 11.6 Å². The SMILES string of the molecule is CC1=C(C#N)C(=O)N(Cc2ccc(F)cc2)C(=O)/C1=C/c1ccc(-c2ccccc2[N+](=O)[O-])o1. The van der Waals surface area contributed by atoms with Crippen LogP contribution < -0.4 is 0 Å². The van der Waals surface area contributed by atoms with Gasteiger partial charge in [-0.3, -0.25) is 24.6 Å². The highest BCUT2D eigenvalue weighted by molar-refractivity contribution is 6.19. The Balaban J connectivity index is 1.73. The molecule has 0 saturated heterocycles. The van der Waals surface area contributed by atoms with Crippen molar-refractivity contribution < 1.29 is 23.3 Å². The molecular formula is C25H16FN3O5. The number of halogens is 1. The van der Waals surface area contributed by atoms with E-state index in [4.69, 9.17) is 4.42 Å². The number of nitriles is 1. The van der Waals surface area contributed by atoms with Gasteiger partial charge in [-0.15, -0.1) is 0 Å². The first-order valence-electron chi connectivity index (χ1n) is 10.1. The summed E-state index contributed by atoms with van der Waals surface area (Å²) in [6.07, 6.45) is 1.39. The van der Waals surface area contributed by atoms with E-state index in [-0.39, 0.29) is 46.0 Å². The minimum atomic E-state index is -0.744. The van der Waals surface area contributed by atoms with Crippen molar-refractivity contribution in [1.82, 2.24) is 4.90 Å². The topological polar surface area (TPSA) is 117 Å². The molecule has 0 unspecified atom stereocenters. The van der Waals surface area contributed by atoms with E-state index >= 15 is 0 Å². The van der Waals surface area contributed by atoms with Gasteiger partial charge in [0.05, 0.1) is 17.0 Å². The van der Waals surface area contributed by atoms with Crippen LogP contribution >= 0.6 is 0 Å². The van der Waals surface area contributed by atoms with E-state index in [2.05, 4.69) is 0 Å². The predicted molar refractivity (Wildman–Crippen MR) is 119 cm³/mol. The van der Waals surface area contributed by atoms with E-state index in [0.717, 1.165) is 4.90 Å². The number of furan rings is 1. The standard InChI is InChI=1S/C25H16FN3O5/c1-15-20(12-18-10-11-23(34-18)19-4-2-3-5-22(19)29(32)33)24(30)28(25(31)21(15)13-27)14-16-6-8-17(26)9-7-16/h2-12H,14H2,1H3/b20-12+. The Kier molecular flexibility index (Phi) is 5.89. The number of carbonyl (C=O) groups is 2. The number of carbonyl (C=O) groups excluding carboxylic acids is 2. The Bertz CT molecular complexity index is 1430. The molecule has 1 aromatic heterocycles. The van der Waals surface area contributed by atoms with Crippen LogP contribution in [0.1, 0.15) is 18.2 Å². The molecule has 0 spiro atoms.